The molecule has 0 radical (unpaired) electrons. The summed E-state index contributed by atoms with van der Waals surface area (Å²) in [5.74, 6) is 0.713. The summed E-state index contributed by atoms with van der Waals surface area (Å²) >= 11 is 0. The maximum absolute atomic E-state index is 6.20. The van der Waals surface area contributed by atoms with Crippen LogP contribution in [0.1, 0.15) is 50.8 Å². The van der Waals surface area contributed by atoms with Gasteiger partial charge in [0.15, 0.2) is 0 Å². The van der Waals surface area contributed by atoms with Gasteiger partial charge in [0.05, 0.1) is 0 Å². The van der Waals surface area contributed by atoms with Crippen molar-refractivity contribution in [2.45, 2.75) is 46.1 Å². The Morgan fingerprint density at radius 1 is 1.27 bits per heavy atom. The first-order valence-electron chi connectivity index (χ1n) is 6.01. The van der Waals surface area contributed by atoms with E-state index >= 15 is 0 Å². The van der Waals surface area contributed by atoms with E-state index in [9.17, 15) is 0 Å². The molecule has 0 aliphatic rings. The van der Waals surface area contributed by atoms with Crippen molar-refractivity contribution in [3.05, 3.63) is 35.4 Å². The first kappa shape index (κ1) is 12.3. The number of benzene rings is 1. The van der Waals surface area contributed by atoms with E-state index in [1.165, 1.54) is 17.5 Å². The molecular weight excluding hydrogens is 182 g/mol. The van der Waals surface area contributed by atoms with Crippen LogP contribution in [-0.4, -0.2) is 0 Å². The van der Waals surface area contributed by atoms with E-state index < -0.39 is 0 Å². The molecule has 0 aliphatic carbocycles. The first-order valence-corrected chi connectivity index (χ1v) is 6.01. The Morgan fingerprint density at radius 2 is 2.00 bits per heavy atom. The summed E-state index contributed by atoms with van der Waals surface area (Å²) in [5, 5.41) is 0. The monoisotopic (exact) mass is 205 g/mol. The zero-order valence-corrected chi connectivity index (χ0v) is 10.2. The fourth-order valence-electron chi connectivity index (χ4n) is 1.78. The molecule has 1 aromatic rings. The van der Waals surface area contributed by atoms with Gasteiger partial charge in [-0.15, -0.1) is 0 Å². The SMILES string of the molecule is CCc1cccc(C(N)CC(C)CC)c1. The molecule has 0 aromatic heterocycles. The summed E-state index contributed by atoms with van der Waals surface area (Å²) in [4.78, 5) is 0. The average molecular weight is 205 g/mol. The Balaban J connectivity index is 2.68. The molecule has 0 amide bonds. The average Bonchev–Trinajstić information content (AvgIpc) is 2.28. The number of hydrogen-bond acceptors (Lipinski definition) is 1. The van der Waals surface area contributed by atoms with Gasteiger partial charge in [-0.25, -0.2) is 0 Å². The highest BCUT2D eigenvalue weighted by Crippen LogP contribution is 2.21. The molecule has 1 aromatic carbocycles. The normalized spacial score (nSPS) is 14.9. The summed E-state index contributed by atoms with van der Waals surface area (Å²) in [5.41, 5.74) is 8.86. The second kappa shape index (κ2) is 5.92. The molecule has 0 fully saturated rings. The lowest BCUT2D eigenvalue weighted by molar-refractivity contribution is 0.461. The maximum Gasteiger partial charge on any atom is 0.0297 e. The summed E-state index contributed by atoms with van der Waals surface area (Å²) in [7, 11) is 0. The third-order valence-corrected chi connectivity index (χ3v) is 3.14. The van der Waals surface area contributed by atoms with Gasteiger partial charge in [-0.1, -0.05) is 51.5 Å². The molecule has 1 nitrogen and oxygen atoms in total. The number of nitrogens with two attached hydrogens (primary N) is 1. The lowest BCUT2D eigenvalue weighted by Gasteiger charge is -2.16. The van der Waals surface area contributed by atoms with Crippen LogP contribution in [0.15, 0.2) is 24.3 Å². The molecule has 2 atom stereocenters. The highest BCUT2D eigenvalue weighted by molar-refractivity contribution is 5.25. The Hall–Kier alpha value is -0.820. The van der Waals surface area contributed by atoms with E-state index in [0.717, 1.165) is 12.8 Å². The molecular formula is C14H23N. The first-order chi connectivity index (χ1) is 7.17. The van der Waals surface area contributed by atoms with Gasteiger partial charge < -0.3 is 5.73 Å². The van der Waals surface area contributed by atoms with Gasteiger partial charge >= 0.3 is 0 Å². The molecule has 1 rings (SSSR count). The highest BCUT2D eigenvalue weighted by Gasteiger charge is 2.09. The van der Waals surface area contributed by atoms with Crippen molar-refractivity contribution in [1.82, 2.24) is 0 Å². The van der Waals surface area contributed by atoms with Gasteiger partial charge in [0.25, 0.3) is 0 Å². The van der Waals surface area contributed by atoms with E-state index in [2.05, 4.69) is 45.0 Å². The van der Waals surface area contributed by atoms with Crippen LogP contribution in [0.4, 0.5) is 0 Å². The summed E-state index contributed by atoms with van der Waals surface area (Å²) in [6, 6.07) is 8.87. The van der Waals surface area contributed by atoms with Crippen molar-refractivity contribution in [1.29, 1.82) is 0 Å². The van der Waals surface area contributed by atoms with Crippen LogP contribution in [0.3, 0.4) is 0 Å². The van der Waals surface area contributed by atoms with Crippen LogP contribution in [0.5, 0.6) is 0 Å². The van der Waals surface area contributed by atoms with Crippen molar-refractivity contribution < 1.29 is 0 Å². The third kappa shape index (κ3) is 3.67. The Labute approximate surface area is 93.7 Å². The maximum atomic E-state index is 6.20. The topological polar surface area (TPSA) is 26.0 Å². The number of aryl methyl sites for hydroxylation is 1. The summed E-state index contributed by atoms with van der Waals surface area (Å²) in [6.07, 6.45) is 3.38. The van der Waals surface area contributed by atoms with Crippen LogP contribution in [-0.2, 0) is 6.42 Å². The molecule has 2 unspecified atom stereocenters. The zero-order valence-electron chi connectivity index (χ0n) is 10.2. The van der Waals surface area contributed by atoms with Gasteiger partial charge in [0.1, 0.15) is 0 Å². The zero-order chi connectivity index (χ0) is 11.3. The van der Waals surface area contributed by atoms with Crippen molar-refractivity contribution in [2.24, 2.45) is 11.7 Å². The van der Waals surface area contributed by atoms with Crippen molar-refractivity contribution in [2.75, 3.05) is 0 Å². The second-order valence-corrected chi connectivity index (χ2v) is 4.45. The molecule has 0 saturated heterocycles. The van der Waals surface area contributed by atoms with Crippen LogP contribution >= 0.6 is 0 Å². The predicted molar refractivity (Wildman–Crippen MR) is 66.8 cm³/mol. The molecule has 0 bridgehead atoms. The number of hydrogen-bond donors (Lipinski definition) is 1. The van der Waals surface area contributed by atoms with E-state index in [4.69, 9.17) is 5.73 Å². The van der Waals surface area contributed by atoms with Crippen LogP contribution in [0, 0.1) is 5.92 Å². The Morgan fingerprint density at radius 3 is 2.60 bits per heavy atom. The fraction of sp³-hybridized carbons (Fsp3) is 0.571. The second-order valence-electron chi connectivity index (χ2n) is 4.45. The van der Waals surface area contributed by atoms with Crippen LogP contribution in [0.2, 0.25) is 0 Å². The highest BCUT2D eigenvalue weighted by atomic mass is 14.6. The van der Waals surface area contributed by atoms with E-state index in [-0.39, 0.29) is 6.04 Å². The number of rotatable bonds is 5. The van der Waals surface area contributed by atoms with E-state index in [1.807, 2.05) is 0 Å². The summed E-state index contributed by atoms with van der Waals surface area (Å²) in [6.45, 7) is 6.67. The summed E-state index contributed by atoms with van der Waals surface area (Å²) < 4.78 is 0. The lowest BCUT2D eigenvalue weighted by Crippen LogP contribution is -2.14. The minimum absolute atomic E-state index is 0.200. The smallest absolute Gasteiger partial charge is 0.0297 e. The van der Waals surface area contributed by atoms with E-state index in [1.54, 1.807) is 0 Å². The Bertz CT molecular complexity index is 293. The molecule has 0 heterocycles. The molecule has 84 valence electrons. The van der Waals surface area contributed by atoms with Crippen molar-refractivity contribution in [3.63, 3.8) is 0 Å². The molecule has 0 aliphatic heterocycles. The van der Waals surface area contributed by atoms with Gasteiger partial charge in [0.2, 0.25) is 0 Å². The Kier molecular flexibility index (Phi) is 4.83. The van der Waals surface area contributed by atoms with Gasteiger partial charge in [-0.2, -0.15) is 0 Å². The minimum Gasteiger partial charge on any atom is -0.324 e. The van der Waals surface area contributed by atoms with Gasteiger partial charge in [-0.3, -0.25) is 0 Å². The van der Waals surface area contributed by atoms with Crippen LogP contribution in [0.25, 0.3) is 0 Å². The molecule has 2 N–H and O–H groups in total. The van der Waals surface area contributed by atoms with Gasteiger partial charge in [-0.05, 0) is 29.9 Å². The van der Waals surface area contributed by atoms with E-state index in [0.29, 0.717) is 5.92 Å². The molecule has 0 spiro atoms. The quantitative estimate of drug-likeness (QED) is 0.779. The van der Waals surface area contributed by atoms with Crippen molar-refractivity contribution in [3.8, 4) is 0 Å². The molecule has 0 saturated carbocycles. The lowest BCUT2D eigenvalue weighted by atomic mass is 9.94. The predicted octanol–water partition coefficient (Wildman–Crippen LogP) is 3.69. The van der Waals surface area contributed by atoms with Crippen LogP contribution < -0.4 is 5.73 Å². The van der Waals surface area contributed by atoms with Crippen molar-refractivity contribution >= 4 is 0 Å². The standard InChI is InChI=1S/C14H23N/c1-4-11(3)9-14(15)13-8-6-7-12(5-2)10-13/h6-8,10-11,14H,4-5,9,15H2,1-3H3. The third-order valence-electron chi connectivity index (χ3n) is 3.14. The van der Waals surface area contributed by atoms with Gasteiger partial charge in [0, 0.05) is 6.04 Å². The molecule has 15 heavy (non-hydrogen) atoms. The fourth-order valence-corrected chi connectivity index (χ4v) is 1.78. The molecule has 1 heteroatoms. The minimum atomic E-state index is 0.200. The largest absolute Gasteiger partial charge is 0.324 e.